The fraction of sp³-hybridized carbons (Fsp3) is 0.130. The molecule has 28 heavy (non-hydrogen) atoms. The van der Waals surface area contributed by atoms with Gasteiger partial charge in [-0.05, 0) is 73.4 Å². The van der Waals surface area contributed by atoms with Crippen LogP contribution >= 0.6 is 11.3 Å². The standard InChI is InChI=1S/C23H19N3OS/c1-2-7-16(6-1)19-8-5-15-24-22(19)27-18-13-11-17(12-14-18)25-23-26-20-9-3-4-10-21(20)28-23/h3-6,8-15H,1-2,7H2,(H,25,26). The number of thiazole rings is 1. The number of nitrogens with zero attached hydrogens (tertiary/aromatic N) is 2. The van der Waals surface area contributed by atoms with Crippen LogP contribution < -0.4 is 10.1 Å². The number of nitrogens with one attached hydrogen (secondary N) is 1. The lowest BCUT2D eigenvalue weighted by Gasteiger charge is -2.11. The minimum absolute atomic E-state index is 0.669. The second-order valence-electron chi connectivity index (χ2n) is 6.72. The van der Waals surface area contributed by atoms with Crippen molar-refractivity contribution in [2.24, 2.45) is 0 Å². The van der Waals surface area contributed by atoms with Crippen molar-refractivity contribution in [3.05, 3.63) is 78.5 Å². The van der Waals surface area contributed by atoms with Gasteiger partial charge in [0.2, 0.25) is 5.88 Å². The molecule has 1 aliphatic rings. The van der Waals surface area contributed by atoms with Gasteiger partial charge >= 0.3 is 0 Å². The van der Waals surface area contributed by atoms with E-state index in [1.54, 1.807) is 17.5 Å². The van der Waals surface area contributed by atoms with Gasteiger partial charge in [0.25, 0.3) is 0 Å². The Balaban J connectivity index is 1.33. The molecule has 0 amide bonds. The van der Waals surface area contributed by atoms with Crippen molar-refractivity contribution in [2.75, 3.05) is 5.32 Å². The molecular weight excluding hydrogens is 366 g/mol. The third kappa shape index (κ3) is 3.49. The number of pyridine rings is 1. The van der Waals surface area contributed by atoms with Crippen molar-refractivity contribution in [3.63, 3.8) is 0 Å². The highest BCUT2D eigenvalue weighted by molar-refractivity contribution is 7.22. The van der Waals surface area contributed by atoms with Crippen LogP contribution in [-0.2, 0) is 0 Å². The molecule has 138 valence electrons. The zero-order valence-electron chi connectivity index (χ0n) is 15.3. The van der Waals surface area contributed by atoms with Gasteiger partial charge in [0.05, 0.1) is 10.2 Å². The van der Waals surface area contributed by atoms with Gasteiger partial charge in [0, 0.05) is 17.4 Å². The molecule has 5 heteroatoms. The van der Waals surface area contributed by atoms with Crippen molar-refractivity contribution < 1.29 is 4.74 Å². The van der Waals surface area contributed by atoms with Crippen molar-refractivity contribution in [3.8, 4) is 11.6 Å². The van der Waals surface area contributed by atoms with E-state index < -0.39 is 0 Å². The fourth-order valence-electron chi connectivity index (χ4n) is 3.40. The molecule has 0 saturated heterocycles. The first-order valence-electron chi connectivity index (χ1n) is 9.40. The van der Waals surface area contributed by atoms with E-state index in [4.69, 9.17) is 4.74 Å². The second kappa shape index (κ2) is 7.44. The molecule has 1 N–H and O–H groups in total. The number of benzene rings is 2. The molecule has 5 rings (SSSR count). The molecule has 0 bridgehead atoms. The first-order valence-corrected chi connectivity index (χ1v) is 10.2. The minimum atomic E-state index is 0.669. The molecule has 2 aromatic carbocycles. The maximum Gasteiger partial charge on any atom is 0.226 e. The van der Waals surface area contributed by atoms with E-state index in [9.17, 15) is 0 Å². The van der Waals surface area contributed by atoms with Crippen molar-refractivity contribution in [2.45, 2.75) is 19.3 Å². The Kier molecular flexibility index (Phi) is 4.51. The summed E-state index contributed by atoms with van der Waals surface area (Å²) in [5.41, 5.74) is 4.42. The molecule has 0 radical (unpaired) electrons. The average molecular weight is 385 g/mol. The molecule has 2 heterocycles. The van der Waals surface area contributed by atoms with E-state index in [1.165, 1.54) is 16.7 Å². The lowest BCUT2D eigenvalue weighted by molar-refractivity contribution is 0.461. The molecule has 0 unspecified atom stereocenters. The largest absolute Gasteiger partial charge is 0.438 e. The number of aromatic nitrogens is 2. The lowest BCUT2D eigenvalue weighted by atomic mass is 10.1. The van der Waals surface area contributed by atoms with Gasteiger partial charge in [0.1, 0.15) is 5.75 Å². The molecule has 0 aliphatic heterocycles. The van der Waals surface area contributed by atoms with Crippen LogP contribution in [0.15, 0.2) is 72.9 Å². The van der Waals surface area contributed by atoms with Gasteiger partial charge < -0.3 is 10.1 Å². The highest BCUT2D eigenvalue weighted by Crippen LogP contribution is 2.35. The molecule has 0 spiro atoms. The van der Waals surface area contributed by atoms with Crippen LogP contribution in [0.1, 0.15) is 24.8 Å². The van der Waals surface area contributed by atoms with Crippen LogP contribution in [0.4, 0.5) is 10.8 Å². The number of allylic oxidation sites excluding steroid dienone is 2. The number of hydrogen-bond acceptors (Lipinski definition) is 5. The Bertz CT molecular complexity index is 1110. The summed E-state index contributed by atoms with van der Waals surface area (Å²) in [5.74, 6) is 1.44. The fourth-order valence-corrected chi connectivity index (χ4v) is 4.29. The van der Waals surface area contributed by atoms with Crippen molar-refractivity contribution >= 4 is 37.9 Å². The maximum atomic E-state index is 6.08. The van der Waals surface area contributed by atoms with Crippen LogP contribution in [-0.4, -0.2) is 9.97 Å². The van der Waals surface area contributed by atoms with E-state index in [0.29, 0.717) is 5.88 Å². The summed E-state index contributed by atoms with van der Waals surface area (Å²) >= 11 is 1.65. The van der Waals surface area contributed by atoms with Crippen LogP contribution in [0.2, 0.25) is 0 Å². The number of fused-ring (bicyclic) bond motifs is 1. The minimum Gasteiger partial charge on any atom is -0.438 e. The van der Waals surface area contributed by atoms with Gasteiger partial charge in [-0.2, -0.15) is 0 Å². The van der Waals surface area contributed by atoms with Gasteiger partial charge in [0.15, 0.2) is 5.13 Å². The lowest BCUT2D eigenvalue weighted by Crippen LogP contribution is -1.94. The van der Waals surface area contributed by atoms with Crippen LogP contribution in [0.5, 0.6) is 11.6 Å². The number of hydrogen-bond donors (Lipinski definition) is 1. The Morgan fingerprint density at radius 1 is 0.964 bits per heavy atom. The Hall–Kier alpha value is -3.18. The number of ether oxygens (including phenoxy) is 1. The molecule has 0 fully saturated rings. The summed E-state index contributed by atoms with van der Waals surface area (Å²) in [6.07, 6.45) is 7.49. The van der Waals surface area contributed by atoms with Crippen molar-refractivity contribution in [1.29, 1.82) is 0 Å². The smallest absolute Gasteiger partial charge is 0.226 e. The first kappa shape index (κ1) is 17.0. The van der Waals surface area contributed by atoms with E-state index in [1.807, 2.05) is 48.5 Å². The van der Waals surface area contributed by atoms with Crippen LogP contribution in [0.25, 0.3) is 15.8 Å². The molecular formula is C23H19N3OS. The average Bonchev–Trinajstić information content (AvgIpc) is 3.39. The van der Waals surface area contributed by atoms with E-state index in [0.717, 1.165) is 40.5 Å². The second-order valence-corrected chi connectivity index (χ2v) is 7.75. The van der Waals surface area contributed by atoms with Gasteiger partial charge in [-0.3, -0.25) is 0 Å². The zero-order chi connectivity index (χ0) is 18.8. The van der Waals surface area contributed by atoms with E-state index in [-0.39, 0.29) is 0 Å². The monoisotopic (exact) mass is 385 g/mol. The van der Waals surface area contributed by atoms with Crippen LogP contribution in [0, 0.1) is 0 Å². The number of para-hydroxylation sites is 1. The summed E-state index contributed by atoms with van der Waals surface area (Å²) in [6, 6.07) is 20.1. The SMILES string of the molecule is C1=C(c2cccnc2Oc2ccc(Nc3nc4ccccc4s3)cc2)CCC1. The third-order valence-corrected chi connectivity index (χ3v) is 5.72. The molecule has 0 saturated carbocycles. The number of anilines is 2. The normalized spacial score (nSPS) is 13.5. The Morgan fingerprint density at radius 2 is 1.86 bits per heavy atom. The first-order chi connectivity index (χ1) is 13.8. The Morgan fingerprint density at radius 3 is 2.68 bits per heavy atom. The third-order valence-electron chi connectivity index (χ3n) is 4.77. The maximum absolute atomic E-state index is 6.08. The highest BCUT2D eigenvalue weighted by Gasteiger charge is 2.14. The summed E-state index contributed by atoms with van der Waals surface area (Å²) in [7, 11) is 0. The topological polar surface area (TPSA) is 47.0 Å². The molecule has 2 aromatic heterocycles. The van der Waals surface area contributed by atoms with E-state index in [2.05, 4.69) is 33.5 Å². The predicted molar refractivity (Wildman–Crippen MR) is 115 cm³/mol. The zero-order valence-corrected chi connectivity index (χ0v) is 16.1. The van der Waals surface area contributed by atoms with Crippen LogP contribution in [0.3, 0.4) is 0 Å². The summed E-state index contributed by atoms with van der Waals surface area (Å²) < 4.78 is 7.26. The molecule has 4 nitrogen and oxygen atoms in total. The summed E-state index contributed by atoms with van der Waals surface area (Å²) in [4.78, 5) is 9.06. The summed E-state index contributed by atoms with van der Waals surface area (Å²) in [5, 5.41) is 4.25. The Labute approximate surface area is 167 Å². The van der Waals surface area contributed by atoms with E-state index >= 15 is 0 Å². The van der Waals surface area contributed by atoms with Gasteiger partial charge in [-0.25, -0.2) is 9.97 Å². The quantitative estimate of drug-likeness (QED) is 0.411. The molecule has 0 atom stereocenters. The number of rotatable bonds is 5. The van der Waals surface area contributed by atoms with Gasteiger partial charge in [-0.15, -0.1) is 0 Å². The molecule has 1 aliphatic carbocycles. The van der Waals surface area contributed by atoms with Crippen molar-refractivity contribution in [1.82, 2.24) is 9.97 Å². The molecule has 4 aromatic rings. The summed E-state index contributed by atoms with van der Waals surface area (Å²) in [6.45, 7) is 0. The predicted octanol–water partition coefficient (Wildman–Crippen LogP) is 6.79. The van der Waals surface area contributed by atoms with Gasteiger partial charge in [-0.1, -0.05) is 29.5 Å². The highest BCUT2D eigenvalue weighted by atomic mass is 32.1.